The molecule has 0 unspecified atom stereocenters. The Kier molecular flexibility index (Phi) is 2.94. The first-order chi connectivity index (χ1) is 6.49. The highest BCUT2D eigenvalue weighted by molar-refractivity contribution is 6.58. The molecule has 14 heavy (non-hydrogen) atoms. The average Bonchev–Trinajstić information content (AvgIpc) is 2.19. The standard InChI is InChI=1S/C8H11B3O3/c1-14-8(13)3-2-4(9)5(10)6(11)7(3)12/h2,12H,9-11H2,1H3. The van der Waals surface area contributed by atoms with Gasteiger partial charge in [-0.05, 0) is 0 Å². The van der Waals surface area contributed by atoms with Crippen molar-refractivity contribution in [1.29, 1.82) is 0 Å². The lowest BCUT2D eigenvalue weighted by atomic mass is 9.71. The topological polar surface area (TPSA) is 46.5 Å². The van der Waals surface area contributed by atoms with Crippen molar-refractivity contribution in [2.75, 3.05) is 7.11 Å². The van der Waals surface area contributed by atoms with E-state index in [1.54, 1.807) is 13.9 Å². The molecule has 70 valence electrons. The summed E-state index contributed by atoms with van der Waals surface area (Å²) in [5.74, 6) is -0.492. The summed E-state index contributed by atoms with van der Waals surface area (Å²) in [5.41, 5.74) is 2.93. The smallest absolute Gasteiger partial charge is 0.341 e. The third-order valence-corrected chi connectivity index (χ3v) is 2.53. The molecule has 0 bridgehead atoms. The van der Waals surface area contributed by atoms with Gasteiger partial charge in [0.1, 0.15) is 34.9 Å². The van der Waals surface area contributed by atoms with Crippen LogP contribution in [-0.2, 0) is 4.74 Å². The minimum absolute atomic E-state index is 0.0138. The Morgan fingerprint density at radius 2 is 1.93 bits per heavy atom. The highest BCUT2D eigenvalue weighted by atomic mass is 16.5. The van der Waals surface area contributed by atoms with Gasteiger partial charge in [0.2, 0.25) is 0 Å². The number of carbonyl (C=O) groups excluding carboxylic acids is 1. The number of benzene rings is 1. The van der Waals surface area contributed by atoms with E-state index < -0.39 is 5.97 Å². The molecule has 3 nitrogen and oxygen atoms in total. The van der Waals surface area contributed by atoms with Crippen molar-refractivity contribution in [2.45, 2.75) is 0 Å². The monoisotopic (exact) mass is 188 g/mol. The molecule has 1 rings (SSSR count). The molecule has 0 aliphatic rings. The predicted octanol–water partition coefficient (Wildman–Crippen LogP) is -4.05. The minimum atomic E-state index is -0.506. The first-order valence-electron chi connectivity index (χ1n) is 4.37. The summed E-state index contributed by atoms with van der Waals surface area (Å²) in [6.45, 7) is 0. The fraction of sp³-hybridized carbons (Fsp3) is 0.125. The van der Waals surface area contributed by atoms with Gasteiger partial charge < -0.3 is 9.84 Å². The fourth-order valence-electron chi connectivity index (χ4n) is 1.33. The van der Waals surface area contributed by atoms with Crippen LogP contribution in [0, 0.1) is 0 Å². The van der Waals surface area contributed by atoms with Crippen molar-refractivity contribution in [1.82, 2.24) is 0 Å². The molecule has 0 saturated heterocycles. The van der Waals surface area contributed by atoms with E-state index >= 15 is 0 Å². The summed E-state index contributed by atoms with van der Waals surface area (Å²) in [7, 11) is 6.88. The summed E-state index contributed by atoms with van der Waals surface area (Å²) in [5, 5.41) is 9.70. The molecule has 0 aliphatic heterocycles. The lowest BCUT2D eigenvalue weighted by Gasteiger charge is -2.11. The van der Waals surface area contributed by atoms with Crippen LogP contribution in [0.2, 0.25) is 0 Å². The quantitative estimate of drug-likeness (QED) is 0.360. The summed E-state index contributed by atoms with van der Waals surface area (Å²) in [6.07, 6.45) is 0. The molecule has 1 N–H and O–H groups in total. The molecule has 0 aliphatic carbocycles. The van der Waals surface area contributed by atoms with Gasteiger partial charge in [-0.1, -0.05) is 22.5 Å². The predicted molar refractivity (Wildman–Crippen MR) is 64.0 cm³/mol. The number of phenolic OH excluding ortho intramolecular Hbond substituents is 1. The van der Waals surface area contributed by atoms with Gasteiger partial charge >= 0.3 is 5.97 Å². The Balaban J connectivity index is 3.40. The van der Waals surface area contributed by atoms with Crippen molar-refractivity contribution < 1.29 is 14.6 Å². The summed E-state index contributed by atoms with van der Waals surface area (Å²) < 4.78 is 4.57. The second-order valence-electron chi connectivity index (χ2n) is 3.33. The van der Waals surface area contributed by atoms with Gasteiger partial charge in [-0.15, -0.1) is 0 Å². The number of hydrogen-bond acceptors (Lipinski definition) is 3. The highest BCUT2D eigenvalue weighted by Gasteiger charge is 2.15. The Labute approximate surface area is 85.7 Å². The van der Waals surface area contributed by atoms with Crippen LogP contribution in [0.4, 0.5) is 0 Å². The van der Waals surface area contributed by atoms with E-state index in [0.29, 0.717) is 0 Å². The number of phenols is 1. The van der Waals surface area contributed by atoms with Gasteiger partial charge in [0.15, 0.2) is 0 Å². The maximum absolute atomic E-state index is 11.3. The van der Waals surface area contributed by atoms with E-state index in [4.69, 9.17) is 0 Å². The Morgan fingerprint density at radius 3 is 2.43 bits per heavy atom. The summed E-state index contributed by atoms with van der Waals surface area (Å²) in [6, 6.07) is 1.64. The molecule has 0 fully saturated rings. The third kappa shape index (κ3) is 1.64. The SMILES string of the molecule is Bc1cc(C(=O)OC)c(O)c(B)c1B. The first-order valence-corrected chi connectivity index (χ1v) is 4.37. The zero-order valence-electron chi connectivity index (χ0n) is 8.84. The Morgan fingerprint density at radius 1 is 1.36 bits per heavy atom. The van der Waals surface area contributed by atoms with Crippen LogP contribution in [0.5, 0.6) is 5.75 Å². The molecule has 0 aromatic heterocycles. The molecule has 0 saturated carbocycles. The van der Waals surface area contributed by atoms with Crippen LogP contribution in [0.1, 0.15) is 10.4 Å². The van der Waals surface area contributed by atoms with E-state index in [1.165, 1.54) is 7.11 Å². The molecule has 6 heteroatoms. The van der Waals surface area contributed by atoms with Gasteiger partial charge in [-0.3, -0.25) is 0 Å². The second-order valence-corrected chi connectivity index (χ2v) is 3.33. The van der Waals surface area contributed by atoms with E-state index in [2.05, 4.69) is 4.74 Å². The Bertz CT molecular complexity index is 390. The van der Waals surface area contributed by atoms with Crippen LogP contribution in [0.25, 0.3) is 0 Å². The van der Waals surface area contributed by atoms with Crippen molar-refractivity contribution in [2.24, 2.45) is 0 Å². The molecular weight excluding hydrogens is 177 g/mol. The number of hydrogen-bond donors (Lipinski definition) is 1. The number of aromatic hydroxyl groups is 1. The van der Waals surface area contributed by atoms with Crippen LogP contribution in [-0.4, -0.2) is 41.7 Å². The van der Waals surface area contributed by atoms with Gasteiger partial charge in [0.25, 0.3) is 0 Å². The largest absolute Gasteiger partial charge is 0.508 e. The minimum Gasteiger partial charge on any atom is -0.508 e. The fourth-order valence-corrected chi connectivity index (χ4v) is 1.33. The highest BCUT2D eigenvalue weighted by Crippen LogP contribution is 2.11. The zero-order chi connectivity index (χ0) is 10.9. The van der Waals surface area contributed by atoms with Gasteiger partial charge in [-0.2, -0.15) is 0 Å². The average molecular weight is 188 g/mol. The van der Waals surface area contributed by atoms with Gasteiger partial charge in [0, 0.05) is 0 Å². The van der Waals surface area contributed by atoms with Crippen LogP contribution >= 0.6 is 0 Å². The molecule has 0 amide bonds. The van der Waals surface area contributed by atoms with Gasteiger partial charge in [0.05, 0.1) is 7.11 Å². The van der Waals surface area contributed by atoms with E-state index in [-0.39, 0.29) is 11.3 Å². The summed E-state index contributed by atoms with van der Waals surface area (Å²) in [4.78, 5) is 11.3. The summed E-state index contributed by atoms with van der Waals surface area (Å²) >= 11 is 0. The maximum Gasteiger partial charge on any atom is 0.341 e. The number of rotatable bonds is 1. The molecule has 1 aromatic carbocycles. The van der Waals surface area contributed by atoms with Crippen molar-refractivity contribution in [3.8, 4) is 5.75 Å². The third-order valence-electron chi connectivity index (χ3n) is 2.53. The van der Waals surface area contributed by atoms with E-state index in [0.717, 1.165) is 16.4 Å². The molecule has 0 radical (unpaired) electrons. The molecule has 1 aromatic rings. The second kappa shape index (κ2) is 3.82. The number of methoxy groups -OCH3 is 1. The lowest BCUT2D eigenvalue weighted by molar-refractivity contribution is 0.0598. The van der Waals surface area contributed by atoms with Crippen molar-refractivity contribution >= 4 is 45.9 Å². The number of ether oxygens (including phenoxy) is 1. The zero-order valence-corrected chi connectivity index (χ0v) is 8.84. The van der Waals surface area contributed by atoms with Crippen molar-refractivity contribution in [3.63, 3.8) is 0 Å². The maximum atomic E-state index is 11.3. The molecule has 0 atom stereocenters. The molecule has 0 spiro atoms. The van der Waals surface area contributed by atoms with Crippen LogP contribution in [0.15, 0.2) is 6.07 Å². The number of carbonyl (C=O) groups is 1. The van der Waals surface area contributed by atoms with E-state index in [9.17, 15) is 9.90 Å². The lowest BCUT2D eigenvalue weighted by Crippen LogP contribution is -2.40. The Hall–Kier alpha value is -1.32. The molecular formula is C8H11B3O3. The van der Waals surface area contributed by atoms with E-state index in [1.807, 2.05) is 15.7 Å². The van der Waals surface area contributed by atoms with Crippen LogP contribution < -0.4 is 16.4 Å². The van der Waals surface area contributed by atoms with Crippen LogP contribution in [0.3, 0.4) is 0 Å². The van der Waals surface area contributed by atoms with Crippen molar-refractivity contribution in [3.05, 3.63) is 11.6 Å². The first kappa shape index (κ1) is 10.8. The van der Waals surface area contributed by atoms with Gasteiger partial charge in [-0.25, -0.2) is 4.79 Å². The molecule has 0 heterocycles. The normalized spacial score (nSPS) is 9.79. The number of esters is 1.